The Balaban J connectivity index is 1.81. The molecule has 1 aromatic carbocycles. The summed E-state index contributed by atoms with van der Waals surface area (Å²) in [5.74, 6) is -0.221. The third-order valence-electron chi connectivity index (χ3n) is 4.88. The molecule has 2 aromatic rings. The van der Waals surface area contributed by atoms with Crippen molar-refractivity contribution in [3.05, 3.63) is 51.7 Å². The van der Waals surface area contributed by atoms with Crippen molar-refractivity contribution in [3.63, 3.8) is 0 Å². The van der Waals surface area contributed by atoms with Crippen LogP contribution in [0.3, 0.4) is 0 Å². The second kappa shape index (κ2) is 8.17. The third kappa shape index (κ3) is 4.53. The van der Waals surface area contributed by atoms with Gasteiger partial charge in [0.1, 0.15) is 11.5 Å². The number of benzene rings is 1. The zero-order chi connectivity index (χ0) is 19.6. The minimum absolute atomic E-state index is 0.0165. The number of amides is 2. The molecule has 0 spiro atoms. The summed E-state index contributed by atoms with van der Waals surface area (Å²) in [6, 6.07) is 6.11. The van der Waals surface area contributed by atoms with E-state index in [0.29, 0.717) is 25.3 Å². The predicted octanol–water partition coefficient (Wildman–Crippen LogP) is 3.49. The summed E-state index contributed by atoms with van der Waals surface area (Å²) in [4.78, 5) is 33.5. The van der Waals surface area contributed by atoms with E-state index in [4.69, 9.17) is 0 Å². The predicted molar refractivity (Wildman–Crippen MR) is 103 cm³/mol. The summed E-state index contributed by atoms with van der Waals surface area (Å²) in [6.07, 6.45) is 0.277. The van der Waals surface area contributed by atoms with Crippen LogP contribution in [0.25, 0.3) is 0 Å². The first-order chi connectivity index (χ1) is 12.8. The Bertz CT molecular complexity index is 819. The molecule has 0 bridgehead atoms. The molecule has 5 nitrogen and oxygen atoms in total. The summed E-state index contributed by atoms with van der Waals surface area (Å²) in [6.45, 7) is 7.25. The van der Waals surface area contributed by atoms with Crippen molar-refractivity contribution in [1.82, 2.24) is 14.8 Å². The molecule has 3 rings (SSSR count). The quantitative estimate of drug-likeness (QED) is 0.804. The molecule has 1 aromatic heterocycles. The maximum atomic E-state index is 13.2. The zero-order valence-corrected chi connectivity index (χ0v) is 16.6. The SMILES string of the molecule is Cc1nc(C(=O)N2CCC(=O)N(Cc3ccc(F)cc3)C(C(C)C)C2)cs1. The van der Waals surface area contributed by atoms with Crippen LogP contribution in [-0.4, -0.2) is 45.7 Å². The van der Waals surface area contributed by atoms with Gasteiger partial charge < -0.3 is 9.80 Å². The van der Waals surface area contributed by atoms with Gasteiger partial charge in [0.25, 0.3) is 5.91 Å². The molecular weight excluding hydrogens is 365 g/mol. The van der Waals surface area contributed by atoms with E-state index in [2.05, 4.69) is 18.8 Å². The lowest BCUT2D eigenvalue weighted by atomic mass is 10.0. The summed E-state index contributed by atoms with van der Waals surface area (Å²) >= 11 is 1.45. The number of hydrogen-bond acceptors (Lipinski definition) is 4. The minimum Gasteiger partial charge on any atom is -0.335 e. The number of carbonyl (C=O) groups is 2. The van der Waals surface area contributed by atoms with E-state index in [-0.39, 0.29) is 36.0 Å². The van der Waals surface area contributed by atoms with E-state index in [0.717, 1.165) is 10.6 Å². The van der Waals surface area contributed by atoms with E-state index in [9.17, 15) is 14.0 Å². The number of aryl methyl sites for hydroxylation is 1. The molecule has 1 aliphatic rings. The van der Waals surface area contributed by atoms with Gasteiger partial charge in [-0.25, -0.2) is 9.37 Å². The molecular formula is C20H24FN3O2S. The van der Waals surface area contributed by atoms with E-state index in [1.807, 2.05) is 11.8 Å². The summed E-state index contributed by atoms with van der Waals surface area (Å²) < 4.78 is 13.2. The van der Waals surface area contributed by atoms with Crippen LogP contribution >= 0.6 is 11.3 Å². The number of nitrogens with zero attached hydrogens (tertiary/aromatic N) is 3. The molecule has 0 N–H and O–H groups in total. The number of hydrogen-bond donors (Lipinski definition) is 0. The topological polar surface area (TPSA) is 53.5 Å². The molecule has 7 heteroatoms. The Labute approximate surface area is 162 Å². The first kappa shape index (κ1) is 19.5. The Morgan fingerprint density at radius 3 is 2.63 bits per heavy atom. The lowest BCUT2D eigenvalue weighted by Crippen LogP contribution is -2.47. The van der Waals surface area contributed by atoms with E-state index >= 15 is 0 Å². The van der Waals surface area contributed by atoms with E-state index in [1.165, 1.54) is 23.5 Å². The number of thiazole rings is 1. The van der Waals surface area contributed by atoms with Gasteiger partial charge in [0, 0.05) is 31.4 Å². The largest absolute Gasteiger partial charge is 0.335 e. The molecule has 1 fully saturated rings. The first-order valence-corrected chi connectivity index (χ1v) is 9.98. The van der Waals surface area contributed by atoms with Gasteiger partial charge in [0.05, 0.1) is 11.0 Å². The van der Waals surface area contributed by atoms with Crippen LogP contribution in [0.1, 0.15) is 41.3 Å². The Morgan fingerprint density at radius 2 is 2.04 bits per heavy atom. The maximum absolute atomic E-state index is 13.2. The highest BCUT2D eigenvalue weighted by Crippen LogP contribution is 2.22. The highest BCUT2D eigenvalue weighted by atomic mass is 32.1. The van der Waals surface area contributed by atoms with Crippen molar-refractivity contribution in [2.24, 2.45) is 5.92 Å². The van der Waals surface area contributed by atoms with Gasteiger partial charge in [0.15, 0.2) is 0 Å². The van der Waals surface area contributed by atoms with Crippen molar-refractivity contribution < 1.29 is 14.0 Å². The second-order valence-electron chi connectivity index (χ2n) is 7.21. The van der Waals surface area contributed by atoms with Gasteiger partial charge >= 0.3 is 0 Å². The minimum atomic E-state index is -0.295. The van der Waals surface area contributed by atoms with Crippen LogP contribution in [0.4, 0.5) is 4.39 Å². The Kier molecular flexibility index (Phi) is 5.89. The molecule has 0 saturated carbocycles. The number of rotatable bonds is 4. The molecule has 0 aliphatic carbocycles. The lowest BCUT2D eigenvalue weighted by Gasteiger charge is -2.34. The van der Waals surface area contributed by atoms with Crippen LogP contribution in [0.15, 0.2) is 29.6 Å². The number of aromatic nitrogens is 1. The summed E-state index contributed by atoms with van der Waals surface area (Å²) in [5, 5.41) is 2.62. The highest BCUT2D eigenvalue weighted by molar-refractivity contribution is 7.09. The standard InChI is InChI=1S/C20H24FN3O2S/c1-13(2)18-11-23(20(26)17-12-27-14(3)22-17)9-8-19(25)24(18)10-15-4-6-16(21)7-5-15/h4-7,12-13,18H,8-11H2,1-3H3. The molecule has 0 radical (unpaired) electrons. The van der Waals surface area contributed by atoms with Gasteiger partial charge in [-0.1, -0.05) is 26.0 Å². The summed E-state index contributed by atoms with van der Waals surface area (Å²) in [5.41, 5.74) is 1.32. The van der Waals surface area contributed by atoms with Gasteiger partial charge in [0.2, 0.25) is 5.91 Å². The maximum Gasteiger partial charge on any atom is 0.273 e. The van der Waals surface area contributed by atoms with Gasteiger partial charge in [-0.2, -0.15) is 0 Å². The molecule has 2 heterocycles. The molecule has 1 aliphatic heterocycles. The van der Waals surface area contributed by atoms with Gasteiger partial charge in [-0.05, 0) is 30.5 Å². The monoisotopic (exact) mass is 389 g/mol. The van der Waals surface area contributed by atoms with Crippen molar-refractivity contribution in [1.29, 1.82) is 0 Å². The number of halogens is 1. The molecule has 2 amide bonds. The fraction of sp³-hybridized carbons (Fsp3) is 0.450. The van der Waals surface area contributed by atoms with Crippen molar-refractivity contribution in [2.75, 3.05) is 13.1 Å². The average Bonchev–Trinajstić information content (AvgIpc) is 3.00. The molecule has 1 saturated heterocycles. The van der Waals surface area contributed by atoms with Crippen molar-refractivity contribution >= 4 is 23.2 Å². The third-order valence-corrected chi connectivity index (χ3v) is 5.66. The van der Waals surface area contributed by atoms with Crippen LogP contribution < -0.4 is 0 Å². The van der Waals surface area contributed by atoms with Crippen LogP contribution in [-0.2, 0) is 11.3 Å². The molecule has 144 valence electrons. The van der Waals surface area contributed by atoms with Crippen LogP contribution in [0.5, 0.6) is 0 Å². The highest BCUT2D eigenvalue weighted by Gasteiger charge is 2.34. The van der Waals surface area contributed by atoms with Gasteiger partial charge in [-0.15, -0.1) is 11.3 Å². The summed E-state index contributed by atoms with van der Waals surface area (Å²) in [7, 11) is 0. The van der Waals surface area contributed by atoms with E-state index < -0.39 is 0 Å². The normalized spacial score (nSPS) is 18.1. The number of carbonyl (C=O) groups excluding carboxylic acids is 2. The molecule has 27 heavy (non-hydrogen) atoms. The smallest absolute Gasteiger partial charge is 0.273 e. The zero-order valence-electron chi connectivity index (χ0n) is 15.8. The lowest BCUT2D eigenvalue weighted by molar-refractivity contribution is -0.134. The first-order valence-electron chi connectivity index (χ1n) is 9.10. The second-order valence-corrected chi connectivity index (χ2v) is 8.27. The molecule has 1 unspecified atom stereocenters. The fourth-order valence-electron chi connectivity index (χ4n) is 3.35. The van der Waals surface area contributed by atoms with Crippen LogP contribution in [0, 0.1) is 18.7 Å². The Hall–Kier alpha value is -2.28. The van der Waals surface area contributed by atoms with Crippen molar-refractivity contribution in [2.45, 2.75) is 39.8 Å². The van der Waals surface area contributed by atoms with E-state index in [1.54, 1.807) is 22.4 Å². The van der Waals surface area contributed by atoms with Crippen molar-refractivity contribution in [3.8, 4) is 0 Å². The fourth-order valence-corrected chi connectivity index (χ4v) is 3.93. The van der Waals surface area contributed by atoms with Gasteiger partial charge in [-0.3, -0.25) is 9.59 Å². The van der Waals surface area contributed by atoms with Crippen LogP contribution in [0.2, 0.25) is 0 Å². The average molecular weight is 389 g/mol. The Morgan fingerprint density at radius 1 is 1.33 bits per heavy atom. The molecule has 1 atom stereocenters.